The molecule has 2 aromatic rings. The zero-order valence-electron chi connectivity index (χ0n) is 9.60. The summed E-state index contributed by atoms with van der Waals surface area (Å²) in [7, 11) is 0. The van der Waals surface area contributed by atoms with Crippen molar-refractivity contribution >= 4 is 15.9 Å². The Balaban J connectivity index is 1.87. The highest BCUT2D eigenvalue weighted by Gasteiger charge is 2.21. The van der Waals surface area contributed by atoms with E-state index in [1.54, 1.807) is 0 Å². The first kappa shape index (κ1) is 11.8. The third-order valence-corrected chi connectivity index (χ3v) is 3.47. The van der Waals surface area contributed by atoms with Gasteiger partial charge >= 0.3 is 0 Å². The Kier molecular flexibility index (Phi) is 3.40. The topological polar surface area (TPSA) is 60.2 Å². The third kappa shape index (κ3) is 2.31. The normalized spacial score (nSPS) is 19.9. The molecule has 94 valence electrons. The number of nitrogens with zero attached hydrogens (tertiary/aromatic N) is 2. The van der Waals surface area contributed by atoms with E-state index >= 15 is 0 Å². The SMILES string of the molecule is Brc1ccccc1-c1nc([C@H]2COCCN2)no1. The summed E-state index contributed by atoms with van der Waals surface area (Å²) in [4.78, 5) is 4.41. The first-order chi connectivity index (χ1) is 8.84. The highest BCUT2D eigenvalue weighted by molar-refractivity contribution is 9.10. The summed E-state index contributed by atoms with van der Waals surface area (Å²) in [5.74, 6) is 1.16. The second-order valence-electron chi connectivity index (χ2n) is 4.02. The lowest BCUT2D eigenvalue weighted by molar-refractivity contribution is 0.0734. The van der Waals surface area contributed by atoms with Gasteiger partial charge in [-0.25, -0.2) is 0 Å². The molecule has 0 spiro atoms. The molecule has 1 aliphatic heterocycles. The Labute approximate surface area is 113 Å². The number of hydrogen-bond donors (Lipinski definition) is 1. The fourth-order valence-electron chi connectivity index (χ4n) is 1.85. The standard InChI is InChI=1S/C12H12BrN3O2/c13-9-4-2-1-3-8(9)12-15-11(16-18-12)10-7-17-6-5-14-10/h1-4,10,14H,5-7H2/t10-/m1/s1. The first-order valence-corrected chi connectivity index (χ1v) is 6.53. The van der Waals surface area contributed by atoms with Gasteiger partial charge in [0.25, 0.3) is 5.89 Å². The summed E-state index contributed by atoms with van der Waals surface area (Å²) >= 11 is 3.47. The third-order valence-electron chi connectivity index (χ3n) is 2.78. The molecule has 0 amide bonds. The van der Waals surface area contributed by atoms with Crippen LogP contribution >= 0.6 is 15.9 Å². The quantitative estimate of drug-likeness (QED) is 0.921. The number of aromatic nitrogens is 2. The Bertz CT molecular complexity index is 538. The van der Waals surface area contributed by atoms with Crippen molar-refractivity contribution in [3.05, 3.63) is 34.6 Å². The van der Waals surface area contributed by atoms with Gasteiger partial charge < -0.3 is 14.6 Å². The lowest BCUT2D eigenvalue weighted by Gasteiger charge is -2.20. The maximum Gasteiger partial charge on any atom is 0.259 e. The lowest BCUT2D eigenvalue weighted by atomic mass is 10.2. The molecule has 1 fully saturated rings. The Morgan fingerprint density at radius 1 is 1.33 bits per heavy atom. The Hall–Kier alpha value is -1.24. The average Bonchev–Trinajstić information content (AvgIpc) is 2.90. The summed E-state index contributed by atoms with van der Waals surface area (Å²) in [6, 6.07) is 7.78. The maximum absolute atomic E-state index is 5.38. The zero-order valence-corrected chi connectivity index (χ0v) is 11.2. The van der Waals surface area contributed by atoms with E-state index in [0.29, 0.717) is 18.3 Å². The molecule has 0 radical (unpaired) electrons. The summed E-state index contributed by atoms with van der Waals surface area (Å²) in [6.07, 6.45) is 0. The summed E-state index contributed by atoms with van der Waals surface area (Å²) in [6.45, 7) is 2.12. The molecular weight excluding hydrogens is 298 g/mol. The fraction of sp³-hybridized carbons (Fsp3) is 0.333. The Morgan fingerprint density at radius 2 is 2.22 bits per heavy atom. The van der Waals surface area contributed by atoms with Gasteiger partial charge in [-0.3, -0.25) is 0 Å². The molecule has 0 unspecified atom stereocenters. The van der Waals surface area contributed by atoms with Crippen molar-refractivity contribution in [3.63, 3.8) is 0 Å². The van der Waals surface area contributed by atoms with Crippen LogP contribution in [0.5, 0.6) is 0 Å². The van der Waals surface area contributed by atoms with Crippen molar-refractivity contribution < 1.29 is 9.26 Å². The number of nitrogens with one attached hydrogen (secondary N) is 1. The second kappa shape index (κ2) is 5.17. The molecule has 1 saturated heterocycles. The van der Waals surface area contributed by atoms with Crippen LogP contribution < -0.4 is 5.32 Å². The second-order valence-corrected chi connectivity index (χ2v) is 4.87. The van der Waals surface area contributed by atoms with Crippen LogP contribution in [-0.4, -0.2) is 29.9 Å². The monoisotopic (exact) mass is 309 g/mol. The molecule has 0 saturated carbocycles. The molecule has 6 heteroatoms. The van der Waals surface area contributed by atoms with E-state index in [2.05, 4.69) is 31.4 Å². The van der Waals surface area contributed by atoms with E-state index < -0.39 is 0 Å². The minimum Gasteiger partial charge on any atom is -0.378 e. The summed E-state index contributed by atoms with van der Waals surface area (Å²) < 4.78 is 11.6. The van der Waals surface area contributed by atoms with Gasteiger partial charge in [0.1, 0.15) is 0 Å². The van der Waals surface area contributed by atoms with Gasteiger partial charge in [0, 0.05) is 11.0 Å². The van der Waals surface area contributed by atoms with Gasteiger partial charge in [-0.1, -0.05) is 17.3 Å². The van der Waals surface area contributed by atoms with Crippen LogP contribution in [0.3, 0.4) is 0 Å². The molecule has 5 nitrogen and oxygen atoms in total. The van der Waals surface area contributed by atoms with Crippen molar-refractivity contribution in [1.82, 2.24) is 15.5 Å². The molecule has 1 aromatic heterocycles. The van der Waals surface area contributed by atoms with Crippen LogP contribution in [0.4, 0.5) is 0 Å². The van der Waals surface area contributed by atoms with Crippen molar-refractivity contribution in [2.45, 2.75) is 6.04 Å². The van der Waals surface area contributed by atoms with E-state index in [0.717, 1.165) is 23.2 Å². The molecule has 1 aliphatic rings. The number of rotatable bonds is 2. The molecule has 1 atom stereocenters. The van der Waals surface area contributed by atoms with E-state index in [9.17, 15) is 0 Å². The van der Waals surface area contributed by atoms with Crippen molar-refractivity contribution in [2.24, 2.45) is 0 Å². The maximum atomic E-state index is 5.38. The molecular formula is C12H12BrN3O2. The minimum absolute atomic E-state index is 0.0127. The van der Waals surface area contributed by atoms with Gasteiger partial charge in [0.15, 0.2) is 5.82 Å². The Morgan fingerprint density at radius 3 is 3.00 bits per heavy atom. The number of hydrogen-bond acceptors (Lipinski definition) is 5. The fourth-order valence-corrected chi connectivity index (χ4v) is 2.31. The number of morpholine rings is 1. The van der Waals surface area contributed by atoms with Crippen molar-refractivity contribution in [2.75, 3.05) is 19.8 Å². The molecule has 0 bridgehead atoms. The van der Waals surface area contributed by atoms with Crippen LogP contribution in [-0.2, 0) is 4.74 Å². The van der Waals surface area contributed by atoms with Gasteiger partial charge in [-0.15, -0.1) is 0 Å². The van der Waals surface area contributed by atoms with Crippen LogP contribution in [0.1, 0.15) is 11.9 Å². The van der Waals surface area contributed by atoms with Gasteiger partial charge in [0.2, 0.25) is 0 Å². The van der Waals surface area contributed by atoms with E-state index in [-0.39, 0.29) is 6.04 Å². The summed E-state index contributed by atoms with van der Waals surface area (Å²) in [5, 5.41) is 7.30. The largest absolute Gasteiger partial charge is 0.378 e. The van der Waals surface area contributed by atoms with Gasteiger partial charge in [0.05, 0.1) is 24.8 Å². The van der Waals surface area contributed by atoms with Crippen molar-refractivity contribution in [3.8, 4) is 11.5 Å². The average molecular weight is 310 g/mol. The van der Waals surface area contributed by atoms with Crippen LogP contribution in [0.15, 0.2) is 33.3 Å². The molecule has 1 aromatic carbocycles. The van der Waals surface area contributed by atoms with Crippen molar-refractivity contribution in [1.29, 1.82) is 0 Å². The number of halogens is 1. The highest BCUT2D eigenvalue weighted by atomic mass is 79.9. The molecule has 2 heterocycles. The van der Waals surface area contributed by atoms with E-state index in [4.69, 9.17) is 9.26 Å². The van der Waals surface area contributed by atoms with Gasteiger partial charge in [-0.2, -0.15) is 4.98 Å². The van der Waals surface area contributed by atoms with E-state index in [1.165, 1.54) is 0 Å². The molecule has 18 heavy (non-hydrogen) atoms. The molecule has 0 aliphatic carbocycles. The molecule has 3 rings (SSSR count). The summed E-state index contributed by atoms with van der Waals surface area (Å²) in [5.41, 5.74) is 0.896. The van der Waals surface area contributed by atoms with Gasteiger partial charge in [-0.05, 0) is 28.1 Å². The van der Waals surface area contributed by atoms with E-state index in [1.807, 2.05) is 24.3 Å². The smallest absolute Gasteiger partial charge is 0.259 e. The van der Waals surface area contributed by atoms with Crippen LogP contribution in [0.2, 0.25) is 0 Å². The number of ether oxygens (including phenoxy) is 1. The number of benzene rings is 1. The lowest BCUT2D eigenvalue weighted by Crippen LogP contribution is -2.35. The highest BCUT2D eigenvalue weighted by Crippen LogP contribution is 2.27. The zero-order chi connectivity index (χ0) is 12.4. The predicted molar refractivity (Wildman–Crippen MR) is 69.0 cm³/mol. The minimum atomic E-state index is 0.0127. The van der Waals surface area contributed by atoms with Crippen LogP contribution in [0.25, 0.3) is 11.5 Å². The van der Waals surface area contributed by atoms with Crippen LogP contribution in [0, 0.1) is 0 Å². The molecule has 1 N–H and O–H groups in total. The predicted octanol–water partition coefficient (Wildman–Crippen LogP) is 2.16. The first-order valence-electron chi connectivity index (χ1n) is 5.74.